The van der Waals surface area contributed by atoms with Crippen molar-refractivity contribution in [2.24, 2.45) is 0 Å². The van der Waals surface area contributed by atoms with Gasteiger partial charge in [0.15, 0.2) is 5.78 Å². The van der Waals surface area contributed by atoms with E-state index >= 15 is 0 Å². The summed E-state index contributed by atoms with van der Waals surface area (Å²) in [6.07, 6.45) is 0.591. The van der Waals surface area contributed by atoms with Gasteiger partial charge in [0.25, 0.3) is 0 Å². The van der Waals surface area contributed by atoms with Crippen LogP contribution in [-0.2, 0) is 11.8 Å². The van der Waals surface area contributed by atoms with Crippen molar-refractivity contribution in [1.29, 1.82) is 0 Å². The lowest BCUT2D eigenvalue weighted by Gasteiger charge is -2.24. The fraction of sp³-hybridized carbons (Fsp3) is 0.150. The van der Waals surface area contributed by atoms with Crippen molar-refractivity contribution in [2.45, 2.75) is 18.8 Å². The standard InChI is InChI=1S/C20H16O2/c1-20(12-13-5-2-8-15(21)11-13)17-10-4-7-14-6-3-9-16(18(14)17)19(20)22/h2-11,21H,12H2,1H3. The third-order valence-corrected chi connectivity index (χ3v) is 4.71. The second kappa shape index (κ2) is 4.44. The van der Waals surface area contributed by atoms with Crippen molar-refractivity contribution >= 4 is 16.6 Å². The van der Waals surface area contributed by atoms with Gasteiger partial charge < -0.3 is 5.11 Å². The zero-order chi connectivity index (χ0) is 15.3. The summed E-state index contributed by atoms with van der Waals surface area (Å²) in [7, 11) is 0. The summed E-state index contributed by atoms with van der Waals surface area (Å²) in [5.74, 6) is 0.407. The van der Waals surface area contributed by atoms with Crippen LogP contribution in [0.25, 0.3) is 10.8 Å². The van der Waals surface area contributed by atoms with E-state index in [0.29, 0.717) is 6.42 Å². The largest absolute Gasteiger partial charge is 0.508 e. The highest BCUT2D eigenvalue weighted by Crippen LogP contribution is 2.44. The molecule has 2 heteroatoms. The average Bonchev–Trinajstić information content (AvgIpc) is 2.72. The number of benzene rings is 3. The first-order valence-electron chi connectivity index (χ1n) is 7.44. The smallest absolute Gasteiger partial charge is 0.174 e. The molecular weight excluding hydrogens is 272 g/mol. The quantitative estimate of drug-likeness (QED) is 0.765. The van der Waals surface area contributed by atoms with Gasteiger partial charge in [-0.2, -0.15) is 0 Å². The molecule has 1 N–H and O–H groups in total. The Morgan fingerprint density at radius 3 is 2.50 bits per heavy atom. The van der Waals surface area contributed by atoms with Crippen LogP contribution in [0.5, 0.6) is 5.75 Å². The molecule has 0 aliphatic heterocycles. The molecule has 0 heterocycles. The highest BCUT2D eigenvalue weighted by molar-refractivity contribution is 6.20. The zero-order valence-electron chi connectivity index (χ0n) is 12.3. The van der Waals surface area contributed by atoms with E-state index in [2.05, 4.69) is 18.2 Å². The maximum Gasteiger partial charge on any atom is 0.174 e. The normalized spacial score (nSPS) is 19.8. The number of phenols is 1. The van der Waals surface area contributed by atoms with Gasteiger partial charge in [0.2, 0.25) is 0 Å². The Morgan fingerprint density at radius 2 is 1.73 bits per heavy atom. The van der Waals surface area contributed by atoms with E-state index in [1.165, 1.54) is 0 Å². The van der Waals surface area contributed by atoms with E-state index in [-0.39, 0.29) is 11.5 Å². The van der Waals surface area contributed by atoms with Crippen LogP contribution in [0.1, 0.15) is 28.4 Å². The van der Waals surface area contributed by atoms with Crippen molar-refractivity contribution in [2.75, 3.05) is 0 Å². The summed E-state index contributed by atoms with van der Waals surface area (Å²) < 4.78 is 0. The van der Waals surface area contributed by atoms with Crippen LogP contribution in [0.2, 0.25) is 0 Å². The van der Waals surface area contributed by atoms with E-state index in [0.717, 1.165) is 27.5 Å². The Kier molecular flexibility index (Phi) is 2.64. The van der Waals surface area contributed by atoms with Gasteiger partial charge in [-0.05, 0) is 47.4 Å². The van der Waals surface area contributed by atoms with Crippen LogP contribution in [-0.4, -0.2) is 10.9 Å². The molecule has 0 fully saturated rings. The SMILES string of the molecule is CC1(Cc2cccc(O)c2)C(=O)c2cccc3cccc1c23. The maximum absolute atomic E-state index is 13.0. The number of hydrogen-bond acceptors (Lipinski definition) is 2. The second-order valence-corrected chi connectivity index (χ2v) is 6.22. The molecule has 0 aromatic heterocycles. The lowest BCUT2D eigenvalue weighted by Crippen LogP contribution is -2.31. The third kappa shape index (κ3) is 1.70. The molecule has 1 atom stereocenters. The van der Waals surface area contributed by atoms with Gasteiger partial charge in [0, 0.05) is 5.56 Å². The van der Waals surface area contributed by atoms with Crippen LogP contribution in [0.3, 0.4) is 0 Å². The molecule has 22 heavy (non-hydrogen) atoms. The fourth-order valence-corrected chi connectivity index (χ4v) is 3.66. The summed E-state index contributed by atoms with van der Waals surface area (Å²) >= 11 is 0. The van der Waals surface area contributed by atoms with Crippen LogP contribution in [0.4, 0.5) is 0 Å². The Hall–Kier alpha value is -2.61. The van der Waals surface area contributed by atoms with Crippen molar-refractivity contribution in [1.82, 2.24) is 0 Å². The molecule has 1 aliphatic carbocycles. The topological polar surface area (TPSA) is 37.3 Å². The molecule has 0 saturated carbocycles. The van der Waals surface area contributed by atoms with Gasteiger partial charge in [0.1, 0.15) is 5.75 Å². The van der Waals surface area contributed by atoms with Crippen molar-refractivity contribution in [3.63, 3.8) is 0 Å². The molecular formula is C20H16O2. The maximum atomic E-state index is 13.0. The Morgan fingerprint density at radius 1 is 1.00 bits per heavy atom. The van der Waals surface area contributed by atoms with E-state index in [1.807, 2.05) is 37.3 Å². The van der Waals surface area contributed by atoms with Gasteiger partial charge in [-0.15, -0.1) is 0 Å². The summed E-state index contributed by atoms with van der Waals surface area (Å²) in [6.45, 7) is 2.01. The van der Waals surface area contributed by atoms with Gasteiger partial charge in [-0.1, -0.05) is 48.5 Å². The van der Waals surface area contributed by atoms with Gasteiger partial charge >= 0.3 is 0 Å². The predicted molar refractivity (Wildman–Crippen MR) is 87.4 cm³/mol. The highest BCUT2D eigenvalue weighted by Gasteiger charge is 2.43. The lowest BCUT2D eigenvalue weighted by atomic mass is 9.77. The lowest BCUT2D eigenvalue weighted by molar-refractivity contribution is 0.0907. The molecule has 3 aromatic carbocycles. The molecule has 3 aromatic rings. The molecule has 4 rings (SSSR count). The van der Waals surface area contributed by atoms with Crippen molar-refractivity contribution in [3.05, 3.63) is 77.4 Å². The third-order valence-electron chi connectivity index (χ3n) is 4.71. The minimum Gasteiger partial charge on any atom is -0.508 e. The summed E-state index contributed by atoms with van der Waals surface area (Å²) in [5, 5.41) is 11.9. The van der Waals surface area contributed by atoms with Crippen molar-refractivity contribution in [3.8, 4) is 5.75 Å². The summed E-state index contributed by atoms with van der Waals surface area (Å²) in [4.78, 5) is 13.0. The molecule has 0 spiro atoms. The monoisotopic (exact) mass is 288 g/mol. The number of aromatic hydroxyl groups is 1. The van der Waals surface area contributed by atoms with Crippen molar-refractivity contribution < 1.29 is 9.90 Å². The summed E-state index contributed by atoms with van der Waals surface area (Å²) in [6, 6.07) is 19.2. The molecule has 108 valence electrons. The van der Waals surface area contributed by atoms with Gasteiger partial charge in [0.05, 0.1) is 5.41 Å². The highest BCUT2D eigenvalue weighted by atomic mass is 16.3. The van der Waals surface area contributed by atoms with Gasteiger partial charge in [-0.25, -0.2) is 0 Å². The zero-order valence-corrected chi connectivity index (χ0v) is 12.3. The number of ketones is 1. The van der Waals surface area contributed by atoms with E-state index in [1.54, 1.807) is 12.1 Å². The molecule has 1 unspecified atom stereocenters. The van der Waals surface area contributed by atoms with E-state index in [9.17, 15) is 9.90 Å². The predicted octanol–water partition coefficient (Wildman–Crippen LogP) is 4.24. The first kappa shape index (κ1) is 13.1. The second-order valence-electron chi connectivity index (χ2n) is 6.22. The fourth-order valence-electron chi connectivity index (χ4n) is 3.66. The van der Waals surface area contributed by atoms with E-state index in [4.69, 9.17) is 0 Å². The number of rotatable bonds is 2. The van der Waals surface area contributed by atoms with E-state index < -0.39 is 5.41 Å². The number of phenolic OH excluding ortho intramolecular Hbond substituents is 1. The minimum absolute atomic E-state index is 0.169. The number of Topliss-reactive ketones (excluding diaryl/α,β-unsaturated/α-hetero) is 1. The van der Waals surface area contributed by atoms with Crippen LogP contribution in [0, 0.1) is 0 Å². The molecule has 0 radical (unpaired) electrons. The van der Waals surface area contributed by atoms with Crippen LogP contribution < -0.4 is 0 Å². The summed E-state index contributed by atoms with van der Waals surface area (Å²) in [5.41, 5.74) is 2.31. The molecule has 0 saturated heterocycles. The number of hydrogen-bond donors (Lipinski definition) is 1. The molecule has 2 nitrogen and oxygen atoms in total. The Balaban J connectivity index is 1.90. The number of carbonyl (C=O) groups is 1. The first-order valence-corrected chi connectivity index (χ1v) is 7.44. The molecule has 0 bridgehead atoms. The van der Waals surface area contributed by atoms with Gasteiger partial charge in [-0.3, -0.25) is 4.79 Å². The minimum atomic E-state index is -0.572. The van der Waals surface area contributed by atoms with Crippen LogP contribution >= 0.6 is 0 Å². The Bertz CT molecular complexity index is 905. The molecule has 0 amide bonds. The Labute approximate surface area is 129 Å². The average molecular weight is 288 g/mol. The number of carbonyl (C=O) groups excluding carboxylic acids is 1. The molecule has 1 aliphatic rings. The first-order chi connectivity index (χ1) is 10.6. The van der Waals surface area contributed by atoms with Crippen LogP contribution in [0.15, 0.2) is 60.7 Å².